The van der Waals surface area contributed by atoms with Crippen LogP contribution in [-0.4, -0.2) is 40.2 Å². The van der Waals surface area contributed by atoms with Crippen LogP contribution in [0.5, 0.6) is 0 Å². The van der Waals surface area contributed by atoms with Crippen molar-refractivity contribution in [3.8, 4) is 0 Å². The van der Waals surface area contributed by atoms with Gasteiger partial charge in [-0.25, -0.2) is 0 Å². The topological polar surface area (TPSA) is 105 Å². The van der Waals surface area contributed by atoms with Crippen LogP contribution in [0.4, 0.5) is 5.69 Å². The van der Waals surface area contributed by atoms with Crippen LogP contribution in [0.15, 0.2) is 53.9 Å². The van der Waals surface area contributed by atoms with E-state index in [-0.39, 0.29) is 23.2 Å². The van der Waals surface area contributed by atoms with Crippen LogP contribution in [0.2, 0.25) is 0 Å². The fourth-order valence-electron chi connectivity index (χ4n) is 3.14. The van der Waals surface area contributed by atoms with Gasteiger partial charge < -0.3 is 16.0 Å². The highest BCUT2D eigenvalue weighted by Crippen LogP contribution is 2.27. The Balaban J connectivity index is 2.15. The summed E-state index contributed by atoms with van der Waals surface area (Å²) in [5.41, 5.74) is 6.31. The van der Waals surface area contributed by atoms with E-state index in [4.69, 9.17) is 17.3 Å². The number of aromatic nitrogens is 1. The molecule has 2 rings (SSSR count). The van der Waals surface area contributed by atoms with Gasteiger partial charge in [0.15, 0.2) is 0 Å². The molecule has 2 atom stereocenters. The van der Waals surface area contributed by atoms with E-state index in [0.717, 1.165) is 12.0 Å². The Morgan fingerprint density at radius 3 is 2.72 bits per heavy atom. The molecule has 0 saturated carbocycles. The van der Waals surface area contributed by atoms with Crippen LogP contribution in [0, 0.1) is 5.92 Å². The van der Waals surface area contributed by atoms with E-state index in [1.54, 1.807) is 30.1 Å². The summed E-state index contributed by atoms with van der Waals surface area (Å²) in [6.07, 6.45) is 9.57. The minimum absolute atomic E-state index is 0.140. The molecule has 0 unspecified atom stereocenters. The summed E-state index contributed by atoms with van der Waals surface area (Å²) in [7, 11) is 0. The lowest BCUT2D eigenvalue weighted by atomic mass is 9.90. The van der Waals surface area contributed by atoms with Crippen LogP contribution in [0.1, 0.15) is 37.0 Å². The number of allylic oxidation sites excluding steroid dienone is 3. The zero-order valence-corrected chi connectivity index (χ0v) is 17.3. The molecule has 0 radical (unpaired) electrons. The number of piperidine rings is 1. The van der Waals surface area contributed by atoms with Gasteiger partial charge in [-0.1, -0.05) is 37.3 Å². The maximum Gasteiger partial charge on any atom is 0.313 e. The van der Waals surface area contributed by atoms with Crippen molar-refractivity contribution in [2.75, 3.05) is 11.9 Å². The molecule has 1 fully saturated rings. The van der Waals surface area contributed by atoms with Gasteiger partial charge in [0.1, 0.15) is 0 Å². The monoisotopic (exact) mass is 416 g/mol. The number of nitrogens with one attached hydrogen (secondary N) is 1. The number of carbonyl (C=O) groups excluding carboxylic acids is 3. The van der Waals surface area contributed by atoms with Gasteiger partial charge in [-0.3, -0.25) is 19.4 Å². The van der Waals surface area contributed by atoms with Crippen molar-refractivity contribution in [1.82, 2.24) is 9.88 Å². The van der Waals surface area contributed by atoms with Crippen LogP contribution < -0.4 is 11.1 Å². The number of hydrogen-bond donors (Lipinski definition) is 2. The summed E-state index contributed by atoms with van der Waals surface area (Å²) in [6.45, 7) is 8.31. The van der Waals surface area contributed by atoms with Gasteiger partial charge in [0.25, 0.3) is 0 Å². The lowest BCUT2D eigenvalue weighted by Crippen LogP contribution is -2.50. The molecule has 29 heavy (non-hydrogen) atoms. The largest absolute Gasteiger partial charge is 0.366 e. The minimum Gasteiger partial charge on any atom is -0.366 e. The summed E-state index contributed by atoms with van der Waals surface area (Å²) in [5, 5.41) is 3.12. The second kappa shape index (κ2) is 10.0. The van der Waals surface area contributed by atoms with E-state index in [1.807, 2.05) is 6.92 Å². The Bertz CT molecular complexity index is 874. The number of nitrogens with zero attached hydrogens (tertiary/aromatic N) is 2. The van der Waals surface area contributed by atoms with Crippen molar-refractivity contribution in [2.24, 2.45) is 11.7 Å². The molecule has 7 nitrogen and oxygen atoms in total. The Morgan fingerprint density at radius 1 is 1.34 bits per heavy atom. The first-order chi connectivity index (χ1) is 13.7. The van der Waals surface area contributed by atoms with Crippen LogP contribution >= 0.6 is 11.6 Å². The third-order valence-corrected chi connectivity index (χ3v) is 4.74. The van der Waals surface area contributed by atoms with E-state index in [1.165, 1.54) is 18.5 Å². The Hall–Kier alpha value is -2.93. The Morgan fingerprint density at radius 2 is 2.07 bits per heavy atom. The van der Waals surface area contributed by atoms with E-state index in [9.17, 15) is 14.4 Å². The predicted octanol–water partition coefficient (Wildman–Crippen LogP) is 3.00. The number of amides is 3. The van der Waals surface area contributed by atoms with Gasteiger partial charge in [-0.05, 0) is 43.4 Å². The quantitative estimate of drug-likeness (QED) is 0.568. The number of rotatable bonds is 5. The molecule has 1 saturated heterocycles. The molecule has 3 amide bonds. The molecule has 2 heterocycles. The predicted molar refractivity (Wildman–Crippen MR) is 113 cm³/mol. The summed E-state index contributed by atoms with van der Waals surface area (Å²) >= 11 is 5.82. The fourth-order valence-corrected chi connectivity index (χ4v) is 3.21. The molecule has 3 N–H and O–H groups in total. The number of likely N-dealkylation sites (tertiary alicyclic amines) is 1. The highest BCUT2D eigenvalue weighted by atomic mass is 35.5. The number of halogens is 1. The first-order valence-corrected chi connectivity index (χ1v) is 9.63. The van der Waals surface area contributed by atoms with Gasteiger partial charge in [-0.2, -0.15) is 0 Å². The third kappa shape index (κ3) is 6.29. The first-order valence-electron chi connectivity index (χ1n) is 9.25. The van der Waals surface area contributed by atoms with Crippen molar-refractivity contribution < 1.29 is 14.4 Å². The molecule has 1 aliphatic heterocycles. The van der Waals surface area contributed by atoms with Crippen molar-refractivity contribution in [3.05, 3.63) is 59.4 Å². The third-order valence-electron chi connectivity index (χ3n) is 4.62. The fraction of sp³-hybridized carbons (Fsp3) is 0.333. The number of anilines is 1. The molecular formula is C21H25ClN4O3. The van der Waals surface area contributed by atoms with Gasteiger partial charge >= 0.3 is 11.8 Å². The van der Waals surface area contributed by atoms with Gasteiger partial charge in [0, 0.05) is 17.8 Å². The van der Waals surface area contributed by atoms with E-state index < -0.39 is 17.7 Å². The Kier molecular flexibility index (Phi) is 7.73. The average molecular weight is 417 g/mol. The first kappa shape index (κ1) is 22.4. The molecule has 0 aliphatic carbocycles. The van der Waals surface area contributed by atoms with Gasteiger partial charge in [-0.15, -0.1) is 0 Å². The zero-order valence-electron chi connectivity index (χ0n) is 16.5. The van der Waals surface area contributed by atoms with Crippen LogP contribution in [0.3, 0.4) is 0 Å². The highest BCUT2D eigenvalue weighted by molar-refractivity contribution is 6.39. The van der Waals surface area contributed by atoms with Crippen LogP contribution in [-0.2, 0) is 9.59 Å². The molecule has 8 heteroatoms. The van der Waals surface area contributed by atoms with Crippen molar-refractivity contribution in [1.29, 1.82) is 0 Å². The van der Waals surface area contributed by atoms with Gasteiger partial charge in [0.2, 0.25) is 5.91 Å². The second-order valence-electron chi connectivity index (χ2n) is 7.12. The van der Waals surface area contributed by atoms with Crippen molar-refractivity contribution >= 4 is 35.0 Å². The van der Waals surface area contributed by atoms with Gasteiger partial charge in [0.05, 0.1) is 23.5 Å². The zero-order chi connectivity index (χ0) is 21.6. The summed E-state index contributed by atoms with van der Waals surface area (Å²) in [6, 6.07) is 1.10. The maximum absolute atomic E-state index is 12.9. The lowest BCUT2D eigenvalue weighted by molar-refractivity contribution is -0.145. The standard InChI is InChI=1S/C21H25ClN4O3/c1-13-7-8-18(14(2)5-4-6-15(3)22)26(12-13)21(29)20(28)25-17-9-16(19(23)27)10-24-11-17/h4-6,9-11,13,18H,2,7-8,12H2,1,3H3,(H2,23,27)(H,25,28)/b5-4-,15-6+/t13-,18+/m1/s1. The van der Waals surface area contributed by atoms with Crippen molar-refractivity contribution in [3.63, 3.8) is 0 Å². The minimum atomic E-state index is -0.805. The number of nitrogens with two attached hydrogens (primary N) is 1. The van der Waals surface area contributed by atoms with E-state index in [2.05, 4.69) is 16.9 Å². The molecule has 1 aliphatic rings. The number of carbonyl (C=O) groups is 3. The van der Waals surface area contributed by atoms with E-state index in [0.29, 0.717) is 18.0 Å². The number of pyridine rings is 1. The molecule has 1 aromatic rings. The number of hydrogen-bond acceptors (Lipinski definition) is 4. The average Bonchev–Trinajstić information content (AvgIpc) is 2.67. The Labute approximate surface area is 175 Å². The molecule has 154 valence electrons. The van der Waals surface area contributed by atoms with E-state index >= 15 is 0 Å². The lowest BCUT2D eigenvalue weighted by Gasteiger charge is -2.38. The highest BCUT2D eigenvalue weighted by Gasteiger charge is 2.34. The smallest absolute Gasteiger partial charge is 0.313 e. The molecule has 0 aromatic carbocycles. The molecule has 1 aromatic heterocycles. The molecule has 0 bridgehead atoms. The molecular weight excluding hydrogens is 392 g/mol. The SMILES string of the molecule is C=C(/C=C\C=C(/C)Cl)[C@@H]1CC[C@@H](C)CN1C(=O)C(=O)Nc1cncc(C(N)=O)c1. The maximum atomic E-state index is 12.9. The summed E-state index contributed by atoms with van der Waals surface area (Å²) in [5.74, 6) is -1.87. The normalized spacial score (nSPS) is 19.8. The summed E-state index contributed by atoms with van der Waals surface area (Å²) in [4.78, 5) is 42.1. The molecule has 0 spiro atoms. The number of primary amides is 1. The van der Waals surface area contributed by atoms with Crippen molar-refractivity contribution in [2.45, 2.75) is 32.7 Å². The van der Waals surface area contributed by atoms with Crippen LogP contribution in [0.25, 0.3) is 0 Å². The summed E-state index contributed by atoms with van der Waals surface area (Å²) < 4.78 is 0. The second-order valence-corrected chi connectivity index (χ2v) is 7.72.